The van der Waals surface area contributed by atoms with Crippen LogP contribution in [0.4, 0.5) is 0 Å². The number of benzene rings is 6. The van der Waals surface area contributed by atoms with Gasteiger partial charge in [0, 0.05) is 41.8 Å². The van der Waals surface area contributed by atoms with E-state index in [9.17, 15) is 0 Å². The highest BCUT2D eigenvalue weighted by atomic mass is 35.5. The summed E-state index contributed by atoms with van der Waals surface area (Å²) in [6, 6.07) is 30.1. The lowest BCUT2D eigenvalue weighted by Crippen LogP contribution is -2.49. The van der Waals surface area contributed by atoms with Gasteiger partial charge in [0.25, 0.3) is 0 Å². The van der Waals surface area contributed by atoms with Gasteiger partial charge in [-0.15, -0.1) is 0 Å². The number of fused-ring (bicyclic) bond motifs is 2. The van der Waals surface area contributed by atoms with Gasteiger partial charge in [0.05, 0.1) is 31.2 Å². The molecule has 6 aromatic carbocycles. The molecule has 6 aromatic rings. The molecule has 0 fully saturated rings. The summed E-state index contributed by atoms with van der Waals surface area (Å²) < 4.78 is 29.5. The molecule has 1 aliphatic carbocycles. The van der Waals surface area contributed by atoms with Crippen LogP contribution in [-0.2, 0) is 14.0 Å². The Balaban J connectivity index is 1.65. The molecule has 2 unspecified atom stereocenters. The average molecular weight is 899 g/mol. The van der Waals surface area contributed by atoms with Crippen molar-refractivity contribution in [1.82, 2.24) is 0 Å². The summed E-state index contributed by atoms with van der Waals surface area (Å²) in [5.41, 5.74) is -6.52. The Morgan fingerprint density at radius 2 is 0.917 bits per heavy atom. The third kappa shape index (κ3) is 6.81. The molecule has 60 heavy (non-hydrogen) atoms. The summed E-state index contributed by atoms with van der Waals surface area (Å²) in [5.74, 6) is -1.77. The molecule has 0 heterocycles. The van der Waals surface area contributed by atoms with Crippen molar-refractivity contribution in [2.45, 2.75) is 38.9 Å². The van der Waals surface area contributed by atoms with E-state index >= 15 is 23.7 Å². The van der Waals surface area contributed by atoms with Gasteiger partial charge in [-0.3, -0.25) is 19.2 Å². The Labute approximate surface area is 367 Å². The summed E-state index contributed by atoms with van der Waals surface area (Å²) in [7, 11) is -2.80. The Bertz CT molecular complexity index is 2830. The van der Waals surface area contributed by atoms with E-state index in [0.717, 1.165) is 0 Å². The van der Waals surface area contributed by atoms with Crippen molar-refractivity contribution in [1.29, 1.82) is 0 Å². The summed E-state index contributed by atoms with van der Waals surface area (Å²) in [5, 5.41) is 1.60. The van der Waals surface area contributed by atoms with E-state index in [1.807, 2.05) is 12.1 Å². The zero-order valence-electron chi connectivity index (χ0n) is 33.3. The van der Waals surface area contributed by atoms with Crippen LogP contribution in [0.5, 0.6) is 0 Å². The van der Waals surface area contributed by atoms with Crippen LogP contribution in [0.25, 0.3) is 21.5 Å². The quantitative estimate of drug-likeness (QED) is 0.0942. The van der Waals surface area contributed by atoms with Crippen molar-refractivity contribution >= 4 is 97.7 Å². The van der Waals surface area contributed by atoms with Crippen LogP contribution in [0.3, 0.4) is 0 Å². The molecule has 7 rings (SSSR count). The van der Waals surface area contributed by atoms with Crippen LogP contribution in [0, 0.1) is 13.8 Å². The molecular weight excluding hydrogens is 861 g/mol. The maximum Gasteiger partial charge on any atom is 0.247 e. The largest absolute Gasteiger partial charge is 0.370 e. The number of Topliss-reactive ketones (excluding diaryl/α,β-unsaturated/α-hetero) is 2. The molecule has 0 aliphatic heterocycles. The monoisotopic (exact) mass is 896 g/mol. The topological polar surface area (TPSA) is 104 Å². The van der Waals surface area contributed by atoms with Crippen molar-refractivity contribution in [3.05, 3.63) is 185 Å². The zero-order chi connectivity index (χ0) is 43.5. The minimum Gasteiger partial charge on any atom is -0.370 e. The highest BCUT2D eigenvalue weighted by Gasteiger charge is 2.60. The van der Waals surface area contributed by atoms with E-state index in [2.05, 4.69) is 0 Å². The van der Waals surface area contributed by atoms with Gasteiger partial charge in [0.1, 0.15) is 11.2 Å². The molecule has 0 saturated carbocycles. The van der Waals surface area contributed by atoms with Crippen molar-refractivity contribution in [3.8, 4) is 0 Å². The molecule has 304 valence electrons. The predicted molar refractivity (Wildman–Crippen MR) is 241 cm³/mol. The molecule has 0 spiro atoms. The fourth-order valence-electron chi connectivity index (χ4n) is 8.15. The minimum atomic E-state index is -5.29. The molecule has 0 amide bonds. The number of aryl methyl sites for hydroxylation is 2. The normalized spacial score (nSPS) is 18.1. The Kier molecular flexibility index (Phi) is 11.8. The Morgan fingerprint density at radius 3 is 1.32 bits per heavy atom. The maximum absolute atomic E-state index is 17.0. The molecule has 0 N–H and O–H groups in total. The summed E-state index contributed by atoms with van der Waals surface area (Å²) >= 11 is 26.7. The highest BCUT2D eigenvalue weighted by molar-refractivity contribution is 7.98. The third-order valence-corrected chi connectivity index (χ3v) is 15.5. The second kappa shape index (κ2) is 16.3. The SMILES string of the molecule is COC1(C)C=C(P(=O)(C(=O)c2c(C)ccc3ccccc23)C(=O)c2c(C)ccc3ccccc23)C(C)(OC)C(C(=O)c2c(Cl)cccc2Cl)=C1C(=O)c1c(Cl)cccc1Cl. The fraction of sp³-hybridized carbons (Fsp3) is 0.167. The number of rotatable bonds is 11. The van der Waals surface area contributed by atoms with Gasteiger partial charge in [-0.1, -0.05) is 131 Å². The lowest BCUT2D eigenvalue weighted by molar-refractivity contribution is 0.0373. The van der Waals surface area contributed by atoms with Crippen LogP contribution in [0.1, 0.15) is 66.4 Å². The van der Waals surface area contributed by atoms with Crippen molar-refractivity contribution in [3.63, 3.8) is 0 Å². The average Bonchev–Trinajstić information content (AvgIpc) is 3.23. The number of hydrogen-bond donors (Lipinski definition) is 0. The molecule has 12 heteroatoms. The van der Waals surface area contributed by atoms with Crippen LogP contribution in [-0.4, -0.2) is 48.0 Å². The van der Waals surface area contributed by atoms with E-state index in [4.69, 9.17) is 55.9 Å². The first-order valence-electron chi connectivity index (χ1n) is 18.7. The second-order valence-electron chi connectivity index (χ2n) is 14.9. The van der Waals surface area contributed by atoms with Crippen molar-refractivity contribution < 1.29 is 33.2 Å². The lowest BCUT2D eigenvalue weighted by Gasteiger charge is -2.45. The molecule has 0 aromatic heterocycles. The number of ether oxygens (including phenoxy) is 2. The van der Waals surface area contributed by atoms with Gasteiger partial charge in [0.2, 0.25) is 18.2 Å². The molecule has 7 nitrogen and oxygen atoms in total. The Morgan fingerprint density at radius 1 is 0.517 bits per heavy atom. The number of methoxy groups -OCH3 is 2. The number of hydrogen-bond acceptors (Lipinski definition) is 7. The van der Waals surface area contributed by atoms with Gasteiger partial charge in [-0.25, -0.2) is 0 Å². The van der Waals surface area contributed by atoms with E-state index in [0.29, 0.717) is 32.7 Å². The summed E-state index contributed by atoms with van der Waals surface area (Å²) in [6.07, 6.45) is 1.29. The van der Waals surface area contributed by atoms with E-state index < -0.39 is 51.8 Å². The van der Waals surface area contributed by atoms with Gasteiger partial charge in [-0.2, -0.15) is 0 Å². The minimum absolute atomic E-state index is 0.0381. The van der Waals surface area contributed by atoms with Crippen LogP contribution in [0.2, 0.25) is 20.1 Å². The fourth-order valence-corrected chi connectivity index (χ4v) is 12.4. The highest BCUT2D eigenvalue weighted by Crippen LogP contribution is 2.67. The van der Waals surface area contributed by atoms with Crippen LogP contribution < -0.4 is 0 Å². The van der Waals surface area contributed by atoms with E-state index in [1.54, 1.807) is 80.6 Å². The van der Waals surface area contributed by atoms with Crippen molar-refractivity contribution in [2.75, 3.05) is 14.2 Å². The predicted octanol–water partition coefficient (Wildman–Crippen LogP) is 13.3. The number of carbonyl (C=O) groups excluding carboxylic acids is 4. The molecule has 0 saturated heterocycles. The van der Waals surface area contributed by atoms with Gasteiger partial charge in [-0.05, 0) is 90.7 Å². The van der Waals surface area contributed by atoms with Crippen LogP contribution in [0.15, 0.2) is 132 Å². The lowest BCUT2D eigenvalue weighted by atomic mass is 9.72. The standard InChI is InChI=1S/C48H37Cl4O7P/c1-26-21-23-28-13-7-9-15-30(28)37(26)45(55)60(57,46(56)38-27(2)22-24-29-14-8-10-16-31(29)38)36-25-47(3,58-5)41(43(53)39-32(49)17-11-18-33(39)50)42(48(36,4)59-6)44(54)40-34(51)19-12-20-35(40)52/h7-25H,1-6H3. The van der Waals surface area contributed by atoms with Gasteiger partial charge < -0.3 is 14.0 Å². The molecule has 0 radical (unpaired) electrons. The molecule has 2 atom stereocenters. The summed E-state index contributed by atoms with van der Waals surface area (Å²) in [6.45, 7) is 6.22. The van der Waals surface area contributed by atoms with Gasteiger partial charge in [0.15, 0.2) is 11.6 Å². The first kappa shape index (κ1) is 43.4. The van der Waals surface area contributed by atoms with E-state index in [1.165, 1.54) is 64.5 Å². The third-order valence-electron chi connectivity index (χ3n) is 11.4. The molecular formula is C48H37Cl4O7P. The summed E-state index contributed by atoms with van der Waals surface area (Å²) in [4.78, 5) is 62.4. The first-order valence-corrected chi connectivity index (χ1v) is 21.9. The maximum atomic E-state index is 17.0. The number of halogens is 4. The van der Waals surface area contributed by atoms with Gasteiger partial charge >= 0.3 is 0 Å². The number of ketones is 2. The second-order valence-corrected chi connectivity index (χ2v) is 19.0. The Hall–Kier alpha value is -4.69. The number of carbonyl (C=O) groups is 4. The van der Waals surface area contributed by atoms with Crippen LogP contribution >= 0.6 is 53.5 Å². The van der Waals surface area contributed by atoms with E-state index in [-0.39, 0.29) is 47.9 Å². The molecule has 0 bridgehead atoms. The van der Waals surface area contributed by atoms with Crippen molar-refractivity contribution in [2.24, 2.45) is 0 Å². The molecule has 1 aliphatic rings. The first-order chi connectivity index (χ1) is 28.5. The zero-order valence-corrected chi connectivity index (χ0v) is 37.2. The smallest absolute Gasteiger partial charge is 0.247 e.